The standard InChI is InChI=1S/C8H16NO/c1-3-4-5-6-7-9(2)8-10/h8H,2-7H2,1H3. The fraction of sp³-hybridized carbons (Fsp3) is 0.750. The van der Waals surface area contributed by atoms with Gasteiger partial charge in [-0.25, -0.2) is 0 Å². The normalized spacial score (nSPS) is 9.40. The van der Waals surface area contributed by atoms with Crippen LogP contribution in [-0.4, -0.2) is 17.9 Å². The molecule has 0 spiro atoms. The van der Waals surface area contributed by atoms with Crippen LogP contribution in [0.3, 0.4) is 0 Å². The Labute approximate surface area is 63.2 Å². The van der Waals surface area contributed by atoms with Crippen LogP contribution >= 0.6 is 0 Å². The van der Waals surface area contributed by atoms with Gasteiger partial charge in [-0.3, -0.25) is 4.79 Å². The molecule has 10 heavy (non-hydrogen) atoms. The average molecular weight is 142 g/mol. The molecule has 59 valence electrons. The fourth-order valence-electron chi connectivity index (χ4n) is 0.794. The first-order chi connectivity index (χ1) is 4.81. The van der Waals surface area contributed by atoms with Gasteiger partial charge in [0.05, 0.1) is 0 Å². The zero-order valence-corrected chi connectivity index (χ0v) is 6.68. The molecule has 0 atom stereocenters. The van der Waals surface area contributed by atoms with Gasteiger partial charge in [0, 0.05) is 13.6 Å². The van der Waals surface area contributed by atoms with E-state index in [1.54, 1.807) is 0 Å². The van der Waals surface area contributed by atoms with Crippen LogP contribution < -0.4 is 0 Å². The number of unbranched alkanes of at least 4 members (excludes halogenated alkanes) is 3. The van der Waals surface area contributed by atoms with Crippen molar-refractivity contribution in [1.82, 2.24) is 4.90 Å². The molecule has 0 N–H and O–H groups in total. The second-order valence-electron chi connectivity index (χ2n) is 2.48. The molecule has 0 saturated carbocycles. The predicted octanol–water partition coefficient (Wildman–Crippen LogP) is 1.82. The summed E-state index contributed by atoms with van der Waals surface area (Å²) < 4.78 is 0. The Bertz CT molecular complexity index is 83.3. The van der Waals surface area contributed by atoms with E-state index >= 15 is 0 Å². The van der Waals surface area contributed by atoms with Gasteiger partial charge in [0.15, 0.2) is 0 Å². The van der Waals surface area contributed by atoms with Crippen LogP contribution in [0.4, 0.5) is 0 Å². The minimum absolute atomic E-state index is 0.770. The van der Waals surface area contributed by atoms with Crippen molar-refractivity contribution in [3.8, 4) is 0 Å². The van der Waals surface area contributed by atoms with Gasteiger partial charge in [0.25, 0.3) is 0 Å². The molecule has 0 fully saturated rings. The molecule has 0 unspecified atom stereocenters. The van der Waals surface area contributed by atoms with Crippen LogP contribution in [0, 0.1) is 7.05 Å². The van der Waals surface area contributed by atoms with Crippen molar-refractivity contribution in [3.63, 3.8) is 0 Å². The van der Waals surface area contributed by atoms with E-state index in [2.05, 4.69) is 14.0 Å². The van der Waals surface area contributed by atoms with E-state index in [0.29, 0.717) is 0 Å². The number of carbonyl (C=O) groups is 1. The molecule has 2 nitrogen and oxygen atoms in total. The minimum atomic E-state index is 0.770. The SMILES string of the molecule is [CH2]N(C=O)CCCCCC. The van der Waals surface area contributed by atoms with Crippen molar-refractivity contribution < 1.29 is 4.79 Å². The summed E-state index contributed by atoms with van der Waals surface area (Å²) in [4.78, 5) is 11.5. The molecule has 0 aromatic rings. The lowest BCUT2D eigenvalue weighted by Crippen LogP contribution is -2.14. The summed E-state index contributed by atoms with van der Waals surface area (Å²) in [6.07, 6.45) is 5.54. The Morgan fingerprint density at radius 2 is 2.10 bits per heavy atom. The zero-order chi connectivity index (χ0) is 7.82. The number of hydrogen-bond donors (Lipinski definition) is 0. The summed E-state index contributed by atoms with van der Waals surface area (Å²) in [6.45, 7) is 2.96. The average Bonchev–Trinajstić information content (AvgIpc) is 1.98. The highest BCUT2D eigenvalue weighted by molar-refractivity contribution is 5.46. The minimum Gasteiger partial charge on any atom is -0.343 e. The number of nitrogens with zero attached hydrogens (tertiary/aromatic N) is 1. The third kappa shape index (κ3) is 5.60. The molecule has 0 aliphatic rings. The number of hydrogen-bond acceptors (Lipinski definition) is 1. The van der Waals surface area contributed by atoms with Crippen molar-refractivity contribution in [2.24, 2.45) is 0 Å². The van der Waals surface area contributed by atoms with Crippen LogP contribution in [0.25, 0.3) is 0 Å². The van der Waals surface area contributed by atoms with Gasteiger partial charge in [-0.2, -0.15) is 0 Å². The van der Waals surface area contributed by atoms with Gasteiger partial charge >= 0.3 is 0 Å². The summed E-state index contributed by atoms with van der Waals surface area (Å²) >= 11 is 0. The van der Waals surface area contributed by atoms with E-state index in [-0.39, 0.29) is 0 Å². The van der Waals surface area contributed by atoms with E-state index in [4.69, 9.17) is 0 Å². The van der Waals surface area contributed by atoms with Crippen molar-refractivity contribution >= 4 is 6.41 Å². The van der Waals surface area contributed by atoms with Gasteiger partial charge in [-0.05, 0) is 6.42 Å². The maximum Gasteiger partial charge on any atom is 0.209 e. The van der Waals surface area contributed by atoms with Gasteiger partial charge in [-0.15, -0.1) is 0 Å². The van der Waals surface area contributed by atoms with Crippen LogP contribution in [0.2, 0.25) is 0 Å². The summed E-state index contributed by atoms with van der Waals surface area (Å²) in [7, 11) is 3.52. The number of amides is 1. The molecule has 0 rings (SSSR count). The molecule has 1 amide bonds. The van der Waals surface area contributed by atoms with Crippen LogP contribution in [0.5, 0.6) is 0 Å². The summed E-state index contributed by atoms with van der Waals surface area (Å²) in [5.74, 6) is 0. The largest absolute Gasteiger partial charge is 0.343 e. The molecule has 0 aliphatic heterocycles. The highest BCUT2D eigenvalue weighted by Gasteiger charge is 1.91. The monoisotopic (exact) mass is 142 g/mol. The zero-order valence-electron chi connectivity index (χ0n) is 6.68. The Kier molecular flexibility index (Phi) is 6.24. The quantitative estimate of drug-likeness (QED) is 0.409. The van der Waals surface area contributed by atoms with E-state index in [1.165, 1.54) is 24.2 Å². The van der Waals surface area contributed by atoms with Crippen LogP contribution in [-0.2, 0) is 4.79 Å². The first kappa shape index (κ1) is 9.47. The van der Waals surface area contributed by atoms with Crippen molar-refractivity contribution in [1.29, 1.82) is 0 Å². The Morgan fingerprint density at radius 1 is 1.40 bits per heavy atom. The maximum atomic E-state index is 10.0. The van der Waals surface area contributed by atoms with E-state index < -0.39 is 0 Å². The molecular weight excluding hydrogens is 126 g/mol. The summed E-state index contributed by atoms with van der Waals surface area (Å²) in [5, 5.41) is 0. The molecule has 0 heterocycles. The first-order valence-electron chi connectivity index (χ1n) is 3.83. The lowest BCUT2D eigenvalue weighted by atomic mass is 10.2. The van der Waals surface area contributed by atoms with Gasteiger partial charge < -0.3 is 4.90 Å². The molecule has 1 radical (unpaired) electrons. The Balaban J connectivity index is 2.95. The lowest BCUT2D eigenvalue weighted by Gasteiger charge is -2.08. The van der Waals surface area contributed by atoms with E-state index in [1.807, 2.05) is 0 Å². The lowest BCUT2D eigenvalue weighted by molar-refractivity contribution is -0.116. The summed E-state index contributed by atoms with van der Waals surface area (Å²) in [5.41, 5.74) is 0. The number of rotatable bonds is 6. The molecule has 0 aromatic heterocycles. The highest BCUT2D eigenvalue weighted by atomic mass is 16.1. The third-order valence-corrected chi connectivity index (χ3v) is 1.45. The third-order valence-electron chi connectivity index (χ3n) is 1.45. The van der Waals surface area contributed by atoms with Crippen LogP contribution in [0.1, 0.15) is 32.6 Å². The molecule has 0 aromatic carbocycles. The second-order valence-corrected chi connectivity index (χ2v) is 2.48. The van der Waals surface area contributed by atoms with E-state index in [0.717, 1.165) is 19.4 Å². The smallest absolute Gasteiger partial charge is 0.209 e. The Hall–Kier alpha value is -0.530. The molecule has 0 aliphatic carbocycles. The van der Waals surface area contributed by atoms with Crippen molar-refractivity contribution in [2.75, 3.05) is 6.54 Å². The topological polar surface area (TPSA) is 20.3 Å². The van der Waals surface area contributed by atoms with Crippen LogP contribution in [0.15, 0.2) is 0 Å². The van der Waals surface area contributed by atoms with Crippen molar-refractivity contribution in [3.05, 3.63) is 7.05 Å². The number of carbonyl (C=O) groups excluding carboxylic acids is 1. The Morgan fingerprint density at radius 3 is 2.60 bits per heavy atom. The van der Waals surface area contributed by atoms with Crippen molar-refractivity contribution in [2.45, 2.75) is 32.6 Å². The molecule has 0 bridgehead atoms. The van der Waals surface area contributed by atoms with Gasteiger partial charge in [0.1, 0.15) is 0 Å². The maximum absolute atomic E-state index is 10.0. The predicted molar refractivity (Wildman–Crippen MR) is 42.3 cm³/mol. The second kappa shape index (κ2) is 6.59. The first-order valence-corrected chi connectivity index (χ1v) is 3.83. The molecule has 2 heteroatoms. The van der Waals surface area contributed by atoms with Gasteiger partial charge in [0.2, 0.25) is 6.41 Å². The summed E-state index contributed by atoms with van der Waals surface area (Å²) in [6, 6.07) is 0. The van der Waals surface area contributed by atoms with Gasteiger partial charge in [-0.1, -0.05) is 26.2 Å². The highest BCUT2D eigenvalue weighted by Crippen LogP contribution is 1.98. The molecule has 0 saturated heterocycles. The fourth-order valence-corrected chi connectivity index (χ4v) is 0.794. The molecular formula is C8H16NO. The van der Waals surface area contributed by atoms with E-state index in [9.17, 15) is 4.79 Å².